The van der Waals surface area contributed by atoms with E-state index in [1.807, 2.05) is 24.9 Å². The van der Waals surface area contributed by atoms with Crippen LogP contribution in [-0.2, 0) is 13.0 Å². The molecule has 8 nitrogen and oxygen atoms in total. The SMILES string of the molecule is CCc1noc(CN(C)c2nccc(N3CCC(O)C3)n2)n1. The summed E-state index contributed by atoms with van der Waals surface area (Å²) >= 11 is 0. The maximum Gasteiger partial charge on any atom is 0.246 e. The molecule has 2 aromatic heterocycles. The molecule has 0 aromatic carbocycles. The zero-order valence-electron chi connectivity index (χ0n) is 12.8. The highest BCUT2D eigenvalue weighted by Gasteiger charge is 2.22. The minimum Gasteiger partial charge on any atom is -0.391 e. The maximum absolute atomic E-state index is 9.64. The molecule has 0 saturated carbocycles. The Morgan fingerprint density at radius 2 is 2.32 bits per heavy atom. The summed E-state index contributed by atoms with van der Waals surface area (Å²) in [5.41, 5.74) is 0. The Bertz CT molecular complexity index is 631. The Labute approximate surface area is 128 Å². The summed E-state index contributed by atoms with van der Waals surface area (Å²) in [4.78, 5) is 17.1. The Hall–Kier alpha value is -2.22. The standard InChI is InChI=1S/C14H20N6O2/c1-3-11-16-13(22-18-11)9-19(2)14-15-6-4-12(17-14)20-7-5-10(21)8-20/h4,6,10,21H,3,5,7-9H2,1-2H3. The van der Waals surface area contributed by atoms with Gasteiger partial charge in [0, 0.05) is 32.8 Å². The van der Waals surface area contributed by atoms with Gasteiger partial charge in [0.05, 0.1) is 12.6 Å². The summed E-state index contributed by atoms with van der Waals surface area (Å²) in [6.07, 6.45) is 2.97. The third-order valence-corrected chi connectivity index (χ3v) is 3.66. The first kappa shape index (κ1) is 14.7. The average Bonchev–Trinajstić information content (AvgIpc) is 3.16. The van der Waals surface area contributed by atoms with E-state index in [4.69, 9.17) is 4.52 Å². The van der Waals surface area contributed by atoms with Gasteiger partial charge in [-0.2, -0.15) is 9.97 Å². The molecule has 0 amide bonds. The van der Waals surface area contributed by atoms with E-state index in [2.05, 4.69) is 25.0 Å². The number of anilines is 2. The summed E-state index contributed by atoms with van der Waals surface area (Å²) in [5.74, 6) is 2.66. The Morgan fingerprint density at radius 1 is 1.45 bits per heavy atom. The fourth-order valence-corrected chi connectivity index (χ4v) is 2.42. The molecule has 22 heavy (non-hydrogen) atoms. The van der Waals surface area contributed by atoms with Crippen LogP contribution in [0.2, 0.25) is 0 Å². The molecule has 1 saturated heterocycles. The molecule has 1 unspecified atom stereocenters. The second-order valence-corrected chi connectivity index (χ2v) is 5.42. The van der Waals surface area contributed by atoms with Gasteiger partial charge in [0.2, 0.25) is 11.8 Å². The second-order valence-electron chi connectivity index (χ2n) is 5.42. The molecular formula is C14H20N6O2. The number of hydrogen-bond donors (Lipinski definition) is 1. The lowest BCUT2D eigenvalue weighted by molar-refractivity contribution is 0.198. The molecule has 1 N–H and O–H groups in total. The lowest BCUT2D eigenvalue weighted by atomic mass is 10.3. The molecule has 0 bridgehead atoms. The van der Waals surface area contributed by atoms with Crippen LogP contribution in [0.4, 0.5) is 11.8 Å². The lowest BCUT2D eigenvalue weighted by Gasteiger charge is -2.19. The van der Waals surface area contributed by atoms with Crippen LogP contribution in [0.15, 0.2) is 16.8 Å². The largest absolute Gasteiger partial charge is 0.391 e. The van der Waals surface area contributed by atoms with E-state index in [1.54, 1.807) is 6.20 Å². The fraction of sp³-hybridized carbons (Fsp3) is 0.571. The molecule has 3 rings (SSSR count). The molecular weight excluding hydrogens is 284 g/mol. The zero-order valence-corrected chi connectivity index (χ0v) is 12.8. The number of β-amino-alcohol motifs (C(OH)–C–C–N with tert-alkyl or cyclic N) is 1. The molecule has 8 heteroatoms. The quantitative estimate of drug-likeness (QED) is 0.860. The minimum atomic E-state index is -0.276. The van der Waals surface area contributed by atoms with Gasteiger partial charge in [-0.05, 0) is 12.5 Å². The van der Waals surface area contributed by atoms with E-state index in [0.717, 1.165) is 25.2 Å². The van der Waals surface area contributed by atoms with Gasteiger partial charge in [-0.15, -0.1) is 0 Å². The van der Waals surface area contributed by atoms with E-state index in [9.17, 15) is 5.11 Å². The van der Waals surface area contributed by atoms with Crippen LogP contribution in [0.25, 0.3) is 0 Å². The summed E-state index contributed by atoms with van der Waals surface area (Å²) in [6.45, 7) is 3.86. The van der Waals surface area contributed by atoms with E-state index in [1.165, 1.54) is 0 Å². The Morgan fingerprint density at radius 3 is 3.00 bits per heavy atom. The number of aromatic nitrogens is 4. The number of nitrogens with zero attached hydrogens (tertiary/aromatic N) is 6. The smallest absolute Gasteiger partial charge is 0.246 e. The first-order chi connectivity index (χ1) is 10.7. The Kier molecular flexibility index (Phi) is 4.19. The normalized spacial score (nSPS) is 18.0. The summed E-state index contributed by atoms with van der Waals surface area (Å²) < 4.78 is 5.19. The summed E-state index contributed by atoms with van der Waals surface area (Å²) in [7, 11) is 1.88. The van der Waals surface area contributed by atoms with Crippen molar-refractivity contribution < 1.29 is 9.63 Å². The molecule has 0 radical (unpaired) electrons. The summed E-state index contributed by atoms with van der Waals surface area (Å²) in [5, 5.41) is 13.5. The second kappa shape index (κ2) is 6.27. The predicted octanol–water partition coefficient (Wildman–Crippen LogP) is 0.629. The van der Waals surface area contributed by atoms with E-state index >= 15 is 0 Å². The van der Waals surface area contributed by atoms with E-state index in [0.29, 0.717) is 30.8 Å². The van der Waals surface area contributed by atoms with Crippen LogP contribution in [0.5, 0.6) is 0 Å². The van der Waals surface area contributed by atoms with Crippen LogP contribution in [0.1, 0.15) is 25.1 Å². The topological polar surface area (TPSA) is 91.4 Å². The number of rotatable bonds is 5. The van der Waals surface area contributed by atoms with Crippen molar-refractivity contribution in [1.29, 1.82) is 0 Å². The summed E-state index contributed by atoms with van der Waals surface area (Å²) in [6, 6.07) is 1.86. The van der Waals surface area contributed by atoms with Gasteiger partial charge in [-0.25, -0.2) is 4.98 Å². The first-order valence-corrected chi connectivity index (χ1v) is 7.44. The maximum atomic E-state index is 9.64. The van der Waals surface area contributed by atoms with Gasteiger partial charge in [-0.3, -0.25) is 0 Å². The highest BCUT2D eigenvalue weighted by molar-refractivity contribution is 5.44. The van der Waals surface area contributed by atoms with Crippen LogP contribution < -0.4 is 9.80 Å². The van der Waals surface area contributed by atoms with Crippen molar-refractivity contribution in [3.8, 4) is 0 Å². The van der Waals surface area contributed by atoms with Gasteiger partial charge in [0.15, 0.2) is 5.82 Å². The minimum absolute atomic E-state index is 0.276. The third-order valence-electron chi connectivity index (χ3n) is 3.66. The molecule has 3 heterocycles. The van der Waals surface area contributed by atoms with Crippen LogP contribution in [0, 0.1) is 0 Å². The lowest BCUT2D eigenvalue weighted by Crippen LogP contribution is -2.24. The van der Waals surface area contributed by atoms with Crippen LogP contribution in [-0.4, -0.2) is 51.5 Å². The molecule has 0 spiro atoms. The van der Waals surface area contributed by atoms with Gasteiger partial charge >= 0.3 is 0 Å². The van der Waals surface area contributed by atoms with E-state index < -0.39 is 0 Å². The zero-order chi connectivity index (χ0) is 15.5. The predicted molar refractivity (Wildman–Crippen MR) is 80.7 cm³/mol. The van der Waals surface area contributed by atoms with Crippen molar-refractivity contribution in [3.05, 3.63) is 24.0 Å². The van der Waals surface area contributed by atoms with Gasteiger partial charge in [-0.1, -0.05) is 12.1 Å². The number of aryl methyl sites for hydroxylation is 1. The van der Waals surface area contributed by atoms with Gasteiger partial charge in [0.25, 0.3) is 0 Å². The number of aliphatic hydroxyl groups excluding tert-OH is 1. The highest BCUT2D eigenvalue weighted by Crippen LogP contribution is 2.20. The molecule has 2 aromatic rings. The van der Waals surface area contributed by atoms with Crippen molar-refractivity contribution in [2.45, 2.75) is 32.4 Å². The molecule has 1 aliphatic heterocycles. The third kappa shape index (κ3) is 3.16. The van der Waals surface area contributed by atoms with Crippen molar-refractivity contribution in [3.63, 3.8) is 0 Å². The fourth-order valence-electron chi connectivity index (χ4n) is 2.42. The highest BCUT2D eigenvalue weighted by atomic mass is 16.5. The van der Waals surface area contributed by atoms with Crippen molar-refractivity contribution in [2.75, 3.05) is 29.9 Å². The van der Waals surface area contributed by atoms with E-state index in [-0.39, 0.29) is 6.10 Å². The Balaban J connectivity index is 1.70. The number of hydrogen-bond acceptors (Lipinski definition) is 8. The first-order valence-electron chi connectivity index (χ1n) is 7.44. The average molecular weight is 304 g/mol. The van der Waals surface area contributed by atoms with Gasteiger partial charge < -0.3 is 19.4 Å². The monoisotopic (exact) mass is 304 g/mol. The van der Waals surface area contributed by atoms with Crippen LogP contribution >= 0.6 is 0 Å². The molecule has 1 fully saturated rings. The van der Waals surface area contributed by atoms with Crippen molar-refractivity contribution in [1.82, 2.24) is 20.1 Å². The molecule has 1 atom stereocenters. The number of aliphatic hydroxyl groups is 1. The van der Waals surface area contributed by atoms with Crippen LogP contribution in [0.3, 0.4) is 0 Å². The van der Waals surface area contributed by atoms with Gasteiger partial charge in [0.1, 0.15) is 5.82 Å². The molecule has 0 aliphatic carbocycles. The molecule has 118 valence electrons. The molecule has 1 aliphatic rings. The van der Waals surface area contributed by atoms with Crippen molar-refractivity contribution >= 4 is 11.8 Å². The van der Waals surface area contributed by atoms with Crippen molar-refractivity contribution in [2.24, 2.45) is 0 Å².